The molecule has 0 bridgehead atoms. The smallest absolute Gasteiger partial charge is 0.313 e. The first kappa shape index (κ1) is 15.1. The van der Waals surface area contributed by atoms with Gasteiger partial charge >= 0.3 is 5.97 Å². The molecule has 0 radical (unpaired) electrons. The molecule has 0 aliphatic rings. The van der Waals surface area contributed by atoms with E-state index in [9.17, 15) is 9.18 Å². The van der Waals surface area contributed by atoms with Crippen molar-refractivity contribution >= 4 is 34.9 Å². The monoisotopic (exact) mass is 293 g/mol. The van der Waals surface area contributed by atoms with Crippen molar-refractivity contribution in [1.82, 2.24) is 0 Å². The number of esters is 1. The summed E-state index contributed by atoms with van der Waals surface area (Å²) < 4.78 is 17.9. The Morgan fingerprint density at radius 1 is 1.39 bits per heavy atom. The van der Waals surface area contributed by atoms with E-state index in [4.69, 9.17) is 23.2 Å². The summed E-state index contributed by atoms with van der Waals surface area (Å²) in [6.07, 6.45) is 0. The molecule has 0 spiro atoms. The predicted octanol–water partition coefficient (Wildman–Crippen LogP) is 3.74. The molecule has 1 rings (SSSR count). The molecular weight excluding hydrogens is 280 g/mol. The van der Waals surface area contributed by atoms with Gasteiger partial charge in [-0.25, -0.2) is 4.39 Å². The zero-order valence-electron chi connectivity index (χ0n) is 10.3. The van der Waals surface area contributed by atoms with Gasteiger partial charge in [0.05, 0.1) is 22.6 Å². The number of halogens is 3. The van der Waals surface area contributed by atoms with Gasteiger partial charge in [0.15, 0.2) is 5.82 Å². The van der Waals surface area contributed by atoms with Crippen LogP contribution in [0, 0.1) is 11.2 Å². The Labute approximate surface area is 115 Å². The molecule has 0 atom stereocenters. The van der Waals surface area contributed by atoms with E-state index in [-0.39, 0.29) is 16.0 Å². The van der Waals surface area contributed by atoms with Gasteiger partial charge in [0.1, 0.15) is 0 Å². The van der Waals surface area contributed by atoms with Gasteiger partial charge in [0.25, 0.3) is 0 Å². The van der Waals surface area contributed by atoms with Gasteiger partial charge in [-0.1, -0.05) is 23.2 Å². The fourth-order valence-corrected chi connectivity index (χ4v) is 1.82. The number of rotatable bonds is 4. The molecule has 0 heterocycles. The Morgan fingerprint density at radius 3 is 2.33 bits per heavy atom. The third kappa shape index (κ3) is 3.50. The van der Waals surface area contributed by atoms with Crippen LogP contribution in [-0.2, 0) is 9.53 Å². The lowest BCUT2D eigenvalue weighted by molar-refractivity contribution is -0.149. The van der Waals surface area contributed by atoms with Crippen molar-refractivity contribution in [3.05, 3.63) is 28.0 Å². The van der Waals surface area contributed by atoms with Crippen molar-refractivity contribution in [3.63, 3.8) is 0 Å². The van der Waals surface area contributed by atoms with E-state index in [1.807, 2.05) is 0 Å². The van der Waals surface area contributed by atoms with Crippen LogP contribution in [0.1, 0.15) is 13.8 Å². The van der Waals surface area contributed by atoms with Crippen molar-refractivity contribution in [2.24, 2.45) is 5.41 Å². The van der Waals surface area contributed by atoms with Gasteiger partial charge in [0.2, 0.25) is 0 Å². The lowest BCUT2D eigenvalue weighted by atomic mass is 9.93. The molecule has 1 N–H and O–H groups in total. The summed E-state index contributed by atoms with van der Waals surface area (Å²) in [4.78, 5) is 11.5. The third-order valence-electron chi connectivity index (χ3n) is 2.46. The average Bonchev–Trinajstić information content (AvgIpc) is 2.32. The minimum absolute atomic E-state index is 0.0686. The van der Waals surface area contributed by atoms with Crippen molar-refractivity contribution in [1.29, 1.82) is 0 Å². The van der Waals surface area contributed by atoms with Gasteiger partial charge in [-0.2, -0.15) is 0 Å². The SMILES string of the molecule is COC(=O)C(C)(C)CNc1cc(Cl)c(F)c(Cl)c1. The van der Waals surface area contributed by atoms with Crippen molar-refractivity contribution in [2.75, 3.05) is 19.0 Å². The third-order valence-corrected chi connectivity index (χ3v) is 3.01. The molecule has 0 aliphatic heterocycles. The molecule has 100 valence electrons. The number of carbonyl (C=O) groups is 1. The normalized spacial score (nSPS) is 11.2. The highest BCUT2D eigenvalue weighted by Crippen LogP contribution is 2.28. The zero-order valence-corrected chi connectivity index (χ0v) is 11.8. The quantitative estimate of drug-likeness (QED) is 0.679. The van der Waals surface area contributed by atoms with E-state index in [1.54, 1.807) is 13.8 Å². The molecule has 3 nitrogen and oxygen atoms in total. The maximum atomic E-state index is 13.2. The van der Waals surface area contributed by atoms with E-state index < -0.39 is 11.2 Å². The summed E-state index contributed by atoms with van der Waals surface area (Å²) in [6.45, 7) is 3.79. The van der Waals surface area contributed by atoms with E-state index in [0.717, 1.165) is 0 Å². The topological polar surface area (TPSA) is 38.3 Å². The molecule has 0 aliphatic carbocycles. The number of benzene rings is 1. The average molecular weight is 294 g/mol. The van der Waals surface area contributed by atoms with E-state index >= 15 is 0 Å². The Bertz CT molecular complexity index is 440. The maximum absolute atomic E-state index is 13.2. The first-order valence-corrected chi connectivity index (χ1v) is 6.00. The standard InChI is InChI=1S/C12H14Cl2FNO2/c1-12(2,11(17)18-3)6-16-7-4-8(13)10(15)9(14)5-7/h4-5,16H,6H2,1-3H3. The van der Waals surface area contributed by atoms with Crippen molar-refractivity contribution < 1.29 is 13.9 Å². The number of methoxy groups -OCH3 is 1. The number of hydrogen-bond acceptors (Lipinski definition) is 3. The van der Waals surface area contributed by atoms with Crippen LogP contribution in [0.25, 0.3) is 0 Å². The first-order valence-electron chi connectivity index (χ1n) is 5.25. The van der Waals surface area contributed by atoms with Crippen LogP contribution in [0.4, 0.5) is 10.1 Å². The number of nitrogens with one attached hydrogen (secondary N) is 1. The van der Waals surface area contributed by atoms with Crippen molar-refractivity contribution in [2.45, 2.75) is 13.8 Å². The van der Waals surface area contributed by atoms with E-state index in [2.05, 4.69) is 10.1 Å². The van der Waals surface area contributed by atoms with Gasteiger partial charge in [0, 0.05) is 12.2 Å². The molecular formula is C12H14Cl2FNO2. The minimum Gasteiger partial charge on any atom is -0.469 e. The lowest BCUT2D eigenvalue weighted by Gasteiger charge is -2.22. The summed E-state index contributed by atoms with van der Waals surface area (Å²) in [5, 5.41) is 2.84. The second-order valence-electron chi connectivity index (χ2n) is 4.48. The second-order valence-corrected chi connectivity index (χ2v) is 5.30. The molecule has 0 aromatic heterocycles. The zero-order chi connectivity index (χ0) is 13.9. The summed E-state index contributed by atoms with van der Waals surface area (Å²) in [5.41, 5.74) is -0.161. The molecule has 0 saturated heterocycles. The fourth-order valence-electron chi connectivity index (χ4n) is 1.33. The van der Waals surface area contributed by atoms with Crippen LogP contribution in [0.2, 0.25) is 10.0 Å². The maximum Gasteiger partial charge on any atom is 0.313 e. The summed E-state index contributed by atoms with van der Waals surface area (Å²) in [6, 6.07) is 2.83. The fraction of sp³-hybridized carbons (Fsp3) is 0.417. The van der Waals surface area contributed by atoms with Gasteiger partial charge < -0.3 is 10.1 Å². The van der Waals surface area contributed by atoms with Gasteiger partial charge in [-0.15, -0.1) is 0 Å². The molecule has 18 heavy (non-hydrogen) atoms. The number of ether oxygens (including phenoxy) is 1. The largest absolute Gasteiger partial charge is 0.469 e. The summed E-state index contributed by atoms with van der Waals surface area (Å²) in [7, 11) is 1.33. The van der Waals surface area contributed by atoms with Gasteiger partial charge in [-0.05, 0) is 26.0 Å². The molecule has 1 aromatic carbocycles. The van der Waals surface area contributed by atoms with Gasteiger partial charge in [-0.3, -0.25) is 4.79 Å². The summed E-state index contributed by atoms with van der Waals surface area (Å²) >= 11 is 11.3. The molecule has 1 aromatic rings. The van der Waals surface area contributed by atoms with Crippen LogP contribution in [-0.4, -0.2) is 19.6 Å². The molecule has 0 fully saturated rings. The van der Waals surface area contributed by atoms with Crippen molar-refractivity contribution in [3.8, 4) is 0 Å². The van der Waals surface area contributed by atoms with Crippen LogP contribution < -0.4 is 5.32 Å². The summed E-state index contributed by atoms with van der Waals surface area (Å²) in [5.74, 6) is -0.995. The highest BCUT2D eigenvalue weighted by atomic mass is 35.5. The Kier molecular flexibility index (Phi) is 4.82. The molecule has 0 amide bonds. The predicted molar refractivity (Wildman–Crippen MR) is 70.7 cm³/mol. The van der Waals surface area contributed by atoms with Crippen LogP contribution in [0.3, 0.4) is 0 Å². The van der Waals surface area contributed by atoms with Crippen LogP contribution in [0.15, 0.2) is 12.1 Å². The van der Waals surface area contributed by atoms with E-state index in [1.165, 1.54) is 19.2 Å². The second kappa shape index (κ2) is 5.76. The van der Waals surface area contributed by atoms with E-state index in [0.29, 0.717) is 12.2 Å². The first-order chi connectivity index (χ1) is 8.27. The number of carbonyl (C=O) groups excluding carboxylic acids is 1. The molecule has 0 unspecified atom stereocenters. The Hall–Kier alpha value is -1.00. The Balaban J connectivity index is 2.78. The Morgan fingerprint density at radius 2 is 1.89 bits per heavy atom. The van der Waals surface area contributed by atoms with Crippen LogP contribution >= 0.6 is 23.2 Å². The highest BCUT2D eigenvalue weighted by Gasteiger charge is 2.28. The van der Waals surface area contributed by atoms with Crippen LogP contribution in [0.5, 0.6) is 0 Å². The number of hydrogen-bond donors (Lipinski definition) is 1. The molecule has 6 heteroatoms. The molecule has 0 saturated carbocycles. The number of anilines is 1. The lowest BCUT2D eigenvalue weighted by Crippen LogP contribution is -2.33. The minimum atomic E-state index is -0.706. The highest BCUT2D eigenvalue weighted by molar-refractivity contribution is 6.35.